The van der Waals surface area contributed by atoms with Crippen molar-refractivity contribution >= 4 is 34.3 Å². The molecule has 0 aliphatic carbocycles. The van der Waals surface area contributed by atoms with E-state index in [0.717, 1.165) is 0 Å². The maximum Gasteiger partial charge on any atom is 0.276 e. The largest absolute Gasteiger partial charge is 0.378 e. The molecule has 0 atom stereocenters. The van der Waals surface area contributed by atoms with Gasteiger partial charge in [-0.25, -0.2) is 0 Å². The number of hydrogen-bond donors (Lipinski definition) is 1. The van der Waals surface area contributed by atoms with Crippen LogP contribution in [-0.4, -0.2) is 59.3 Å². The fourth-order valence-corrected chi connectivity index (χ4v) is 2.99. The Labute approximate surface area is 154 Å². The summed E-state index contributed by atoms with van der Waals surface area (Å²) in [7, 11) is 0. The molecule has 3 rings (SSSR count). The molecule has 1 N–H and O–H groups in total. The summed E-state index contributed by atoms with van der Waals surface area (Å²) in [4.78, 5) is 38.8. The number of nitrogens with one attached hydrogen (secondary N) is 1. The van der Waals surface area contributed by atoms with Crippen molar-refractivity contribution in [1.29, 1.82) is 0 Å². The summed E-state index contributed by atoms with van der Waals surface area (Å²) >= 11 is 5.98. The first-order chi connectivity index (χ1) is 12.5. The van der Waals surface area contributed by atoms with Gasteiger partial charge in [-0.05, 0) is 25.1 Å². The molecule has 2 amide bonds. The van der Waals surface area contributed by atoms with E-state index in [1.54, 1.807) is 21.7 Å². The lowest BCUT2D eigenvalue weighted by molar-refractivity contribution is -0.134. The number of aryl methyl sites for hydroxylation is 1. The topological polar surface area (TPSA) is 93.5 Å². The average molecular weight is 379 g/mol. The van der Waals surface area contributed by atoms with Crippen molar-refractivity contribution in [1.82, 2.24) is 20.0 Å². The number of carbonyl (C=O) groups excluding carboxylic acids is 2. The second-order valence-electron chi connectivity index (χ2n) is 5.83. The van der Waals surface area contributed by atoms with Gasteiger partial charge in [0.25, 0.3) is 5.91 Å². The molecule has 8 nitrogen and oxygen atoms in total. The molecule has 2 aromatic rings. The number of halogens is 1. The number of hydrogen-bond acceptors (Lipinski definition) is 5. The minimum atomic E-state index is -0.680. The Morgan fingerprint density at radius 2 is 2.04 bits per heavy atom. The number of benzene rings is 1. The van der Waals surface area contributed by atoms with Gasteiger partial charge in [0.1, 0.15) is 0 Å². The van der Waals surface area contributed by atoms with Gasteiger partial charge in [-0.3, -0.25) is 19.1 Å². The van der Waals surface area contributed by atoms with Crippen molar-refractivity contribution in [2.75, 3.05) is 32.8 Å². The van der Waals surface area contributed by atoms with E-state index in [4.69, 9.17) is 16.3 Å². The normalized spacial score (nSPS) is 14.5. The van der Waals surface area contributed by atoms with Gasteiger partial charge in [0, 0.05) is 24.7 Å². The summed E-state index contributed by atoms with van der Waals surface area (Å²) in [6, 6.07) is 4.87. The number of fused-ring (bicyclic) bond motifs is 1. The number of ether oxygens (including phenoxy) is 1. The van der Waals surface area contributed by atoms with Gasteiger partial charge in [0.15, 0.2) is 5.69 Å². The van der Waals surface area contributed by atoms with Crippen LogP contribution in [0.3, 0.4) is 0 Å². The van der Waals surface area contributed by atoms with Crippen molar-refractivity contribution in [3.63, 3.8) is 0 Å². The molecule has 0 spiro atoms. The highest BCUT2D eigenvalue weighted by atomic mass is 35.5. The molecule has 1 aliphatic rings. The van der Waals surface area contributed by atoms with Gasteiger partial charge in [0.2, 0.25) is 11.3 Å². The highest BCUT2D eigenvalue weighted by Gasteiger charge is 2.21. The maximum atomic E-state index is 12.6. The third kappa shape index (κ3) is 3.71. The van der Waals surface area contributed by atoms with Crippen LogP contribution in [-0.2, 0) is 16.1 Å². The molecule has 1 fully saturated rings. The Morgan fingerprint density at radius 3 is 2.73 bits per heavy atom. The van der Waals surface area contributed by atoms with Crippen LogP contribution in [0.25, 0.3) is 10.9 Å². The molecule has 1 saturated heterocycles. The Balaban J connectivity index is 1.82. The van der Waals surface area contributed by atoms with Crippen LogP contribution < -0.4 is 10.7 Å². The second-order valence-corrected chi connectivity index (χ2v) is 6.27. The van der Waals surface area contributed by atoms with Crippen LogP contribution >= 0.6 is 11.6 Å². The van der Waals surface area contributed by atoms with Crippen molar-refractivity contribution in [2.24, 2.45) is 0 Å². The van der Waals surface area contributed by atoms with E-state index in [9.17, 15) is 14.4 Å². The lowest BCUT2D eigenvalue weighted by atomic mass is 10.2. The third-order valence-corrected chi connectivity index (χ3v) is 4.43. The van der Waals surface area contributed by atoms with Crippen LogP contribution in [0.1, 0.15) is 17.4 Å². The molecule has 0 radical (unpaired) electrons. The molecule has 0 bridgehead atoms. The Kier molecular flexibility index (Phi) is 5.53. The summed E-state index contributed by atoms with van der Waals surface area (Å²) < 4.78 is 6.75. The Morgan fingerprint density at radius 1 is 1.31 bits per heavy atom. The number of rotatable bonds is 4. The summed E-state index contributed by atoms with van der Waals surface area (Å²) in [6.07, 6.45) is 0. The van der Waals surface area contributed by atoms with Crippen molar-refractivity contribution in [3.8, 4) is 0 Å². The maximum absolute atomic E-state index is 12.6. The predicted octanol–water partition coefficient (Wildman–Crippen LogP) is 0.658. The van der Waals surface area contributed by atoms with E-state index < -0.39 is 11.3 Å². The summed E-state index contributed by atoms with van der Waals surface area (Å²) in [5, 5.41) is 7.35. The van der Waals surface area contributed by atoms with Crippen LogP contribution in [0.15, 0.2) is 23.0 Å². The lowest BCUT2D eigenvalue weighted by Gasteiger charge is -2.26. The zero-order valence-corrected chi connectivity index (χ0v) is 15.1. The quantitative estimate of drug-likeness (QED) is 0.843. The van der Waals surface area contributed by atoms with Gasteiger partial charge in [-0.2, -0.15) is 5.10 Å². The standard InChI is InChI=1S/C17H19ClN4O4/c1-2-22-13-4-3-11(18)9-12(13)16(24)15(20-22)17(25)19-10-14(23)21-5-7-26-8-6-21/h3-4,9H,2,5-8,10H2,1H3,(H,19,25). The second kappa shape index (κ2) is 7.84. The van der Waals surface area contributed by atoms with Crippen molar-refractivity contribution in [3.05, 3.63) is 39.1 Å². The van der Waals surface area contributed by atoms with Gasteiger partial charge < -0.3 is 15.0 Å². The molecule has 1 aromatic carbocycles. The third-order valence-electron chi connectivity index (χ3n) is 4.20. The number of carbonyl (C=O) groups is 2. The first-order valence-electron chi connectivity index (χ1n) is 8.35. The molecular formula is C17H19ClN4O4. The molecule has 138 valence electrons. The monoisotopic (exact) mass is 378 g/mol. The minimum Gasteiger partial charge on any atom is -0.378 e. The molecular weight excluding hydrogens is 360 g/mol. The zero-order chi connectivity index (χ0) is 18.7. The van der Waals surface area contributed by atoms with E-state index in [1.807, 2.05) is 6.92 Å². The van der Waals surface area contributed by atoms with Crippen LogP contribution in [0.4, 0.5) is 0 Å². The number of nitrogens with zero attached hydrogens (tertiary/aromatic N) is 3. The van der Waals surface area contributed by atoms with Crippen LogP contribution in [0.5, 0.6) is 0 Å². The fraction of sp³-hybridized carbons (Fsp3) is 0.412. The lowest BCUT2D eigenvalue weighted by Crippen LogP contribution is -2.46. The van der Waals surface area contributed by atoms with E-state index >= 15 is 0 Å². The van der Waals surface area contributed by atoms with E-state index in [2.05, 4.69) is 10.4 Å². The number of aromatic nitrogens is 2. The molecule has 26 heavy (non-hydrogen) atoms. The fourth-order valence-electron chi connectivity index (χ4n) is 2.82. The first-order valence-corrected chi connectivity index (χ1v) is 8.73. The van der Waals surface area contributed by atoms with E-state index in [0.29, 0.717) is 48.8 Å². The molecule has 2 heterocycles. The van der Waals surface area contributed by atoms with Gasteiger partial charge in [-0.1, -0.05) is 11.6 Å². The highest BCUT2D eigenvalue weighted by molar-refractivity contribution is 6.31. The smallest absolute Gasteiger partial charge is 0.276 e. The van der Waals surface area contributed by atoms with Crippen molar-refractivity contribution < 1.29 is 14.3 Å². The van der Waals surface area contributed by atoms with Gasteiger partial charge in [0.05, 0.1) is 30.7 Å². The summed E-state index contributed by atoms with van der Waals surface area (Å²) in [5.74, 6) is -0.901. The molecule has 1 aromatic heterocycles. The zero-order valence-electron chi connectivity index (χ0n) is 14.3. The molecule has 0 unspecified atom stereocenters. The summed E-state index contributed by atoms with van der Waals surface area (Å²) in [5.41, 5.74) is -0.164. The SMILES string of the molecule is CCn1nc(C(=O)NCC(=O)N2CCOCC2)c(=O)c2cc(Cl)ccc21. The Bertz CT molecular complexity index is 906. The molecule has 9 heteroatoms. The molecule has 0 saturated carbocycles. The number of amides is 2. The molecule has 1 aliphatic heterocycles. The van der Waals surface area contributed by atoms with Crippen molar-refractivity contribution in [2.45, 2.75) is 13.5 Å². The average Bonchev–Trinajstić information content (AvgIpc) is 2.67. The van der Waals surface area contributed by atoms with Gasteiger partial charge in [-0.15, -0.1) is 0 Å². The highest BCUT2D eigenvalue weighted by Crippen LogP contribution is 2.16. The van der Waals surface area contributed by atoms with Crippen LogP contribution in [0.2, 0.25) is 5.02 Å². The number of morpholine rings is 1. The first kappa shape index (κ1) is 18.3. The van der Waals surface area contributed by atoms with Gasteiger partial charge >= 0.3 is 0 Å². The summed E-state index contributed by atoms with van der Waals surface area (Å²) in [6.45, 7) is 4.08. The minimum absolute atomic E-state index is 0.195. The Hall–Kier alpha value is -2.45. The van der Waals surface area contributed by atoms with E-state index in [1.165, 1.54) is 6.07 Å². The predicted molar refractivity (Wildman–Crippen MR) is 96.4 cm³/mol. The van der Waals surface area contributed by atoms with Crippen LogP contribution in [0, 0.1) is 0 Å². The van der Waals surface area contributed by atoms with E-state index in [-0.39, 0.29) is 18.1 Å².